The van der Waals surface area contributed by atoms with Crippen LogP contribution in [-0.2, 0) is 65.6 Å². The molecule has 0 aliphatic carbocycles. The van der Waals surface area contributed by atoms with Crippen molar-refractivity contribution in [3.63, 3.8) is 0 Å². The van der Waals surface area contributed by atoms with E-state index in [1.54, 1.807) is 36.6 Å². The Balaban J connectivity index is 2.38. The SMILES string of the molecule is CSCC[C@H](NC(=O)[C@H](CCCCN)NC(=O)[C@H](CS)NC(=O)[C@H](CS)NC(=O)[C@H](CCCN=C(N)N)NC(=O)[C@H](CS)NC(=O)[C@H](Cc1ccccc1)NC(=O)[C@H](CS)NC(=O)[C@H](Cc1ccc(O)cc1)NC(=O)[C@H](CS)NC(C)=O)C(=O)O. The van der Waals surface area contributed by atoms with Crippen LogP contribution in [0.25, 0.3) is 0 Å². The van der Waals surface area contributed by atoms with E-state index in [9.17, 15) is 63.0 Å². The van der Waals surface area contributed by atoms with Gasteiger partial charge in [0.2, 0.25) is 59.1 Å². The first-order chi connectivity index (χ1) is 40.4. The number of carbonyl (C=O) groups excluding carboxylic acids is 10. The van der Waals surface area contributed by atoms with Crippen LogP contribution in [-0.4, -0.2) is 195 Å². The fourth-order valence-corrected chi connectivity index (χ4v) is 9.59. The summed E-state index contributed by atoms with van der Waals surface area (Å²) in [5.41, 5.74) is 17.7. The van der Waals surface area contributed by atoms with Crippen LogP contribution < -0.4 is 70.4 Å². The number of phenolic OH excluding ortho intramolecular Hbond substituents is 1. The molecule has 10 amide bonds. The van der Waals surface area contributed by atoms with Gasteiger partial charge < -0.3 is 80.6 Å². The first kappa shape index (κ1) is 74.8. The smallest absolute Gasteiger partial charge is 0.326 e. The van der Waals surface area contributed by atoms with E-state index in [-0.39, 0.29) is 92.1 Å². The summed E-state index contributed by atoms with van der Waals surface area (Å²) < 4.78 is 0. The lowest BCUT2D eigenvalue weighted by Gasteiger charge is -2.27. The predicted molar refractivity (Wildman–Crippen MR) is 340 cm³/mol. The Morgan fingerprint density at radius 3 is 1.18 bits per heavy atom. The number of amides is 10. The zero-order chi connectivity index (χ0) is 63.6. The van der Waals surface area contributed by atoms with Crippen LogP contribution in [0.2, 0.25) is 0 Å². The van der Waals surface area contributed by atoms with E-state index >= 15 is 0 Å². The number of thiol groups is 5. The average Bonchev–Trinajstić information content (AvgIpc) is 3.67. The molecule has 0 bridgehead atoms. The number of aliphatic imine (C=N–C) groups is 1. The zero-order valence-corrected chi connectivity index (χ0v) is 52.3. The summed E-state index contributed by atoms with van der Waals surface area (Å²) in [5, 5.41) is 44.9. The third kappa shape index (κ3) is 28.2. The maximum atomic E-state index is 14.3. The van der Waals surface area contributed by atoms with Crippen molar-refractivity contribution in [3.05, 3.63) is 65.7 Å². The van der Waals surface area contributed by atoms with Gasteiger partial charge in [0, 0.05) is 55.1 Å². The minimum Gasteiger partial charge on any atom is -0.508 e. The summed E-state index contributed by atoms with van der Waals surface area (Å²) in [5.74, 6) is -10.9. The number of aromatic hydroxyl groups is 1. The molecule has 2 aromatic rings. The number of hydrogen-bond donors (Lipinski definition) is 20. The molecule has 0 aromatic heterocycles. The molecule has 2 aromatic carbocycles. The van der Waals surface area contributed by atoms with Crippen LogP contribution >= 0.6 is 74.9 Å². The highest BCUT2D eigenvalue weighted by Crippen LogP contribution is 2.14. The molecule has 27 nitrogen and oxygen atoms in total. The van der Waals surface area contributed by atoms with Gasteiger partial charge in [-0.2, -0.15) is 74.9 Å². The summed E-state index contributed by atoms with van der Waals surface area (Å²) in [7, 11) is 0. The van der Waals surface area contributed by atoms with E-state index in [0.29, 0.717) is 29.7 Å². The maximum absolute atomic E-state index is 14.3. The molecular weight excluding hydrogens is 1220 g/mol. The number of hydrogen-bond acceptors (Lipinski definition) is 20. The highest BCUT2D eigenvalue weighted by Gasteiger charge is 2.35. The number of carbonyl (C=O) groups is 11. The van der Waals surface area contributed by atoms with Gasteiger partial charge in [-0.15, -0.1) is 0 Å². The lowest BCUT2D eigenvalue weighted by Crippen LogP contribution is -2.61. The Morgan fingerprint density at radius 2 is 0.812 bits per heavy atom. The van der Waals surface area contributed by atoms with Crippen molar-refractivity contribution in [2.45, 2.75) is 119 Å². The minimum atomic E-state index is -1.48. The van der Waals surface area contributed by atoms with Gasteiger partial charge >= 0.3 is 5.97 Å². The number of aliphatic carboxylic acids is 1. The van der Waals surface area contributed by atoms with E-state index < -0.39 is 125 Å². The standard InChI is InChI=1S/C52H80N14O13S6/c1-28(67)57-37(23-80)46(73)61-36(22-30-13-15-31(68)16-14-30)45(72)65-40(26-83)49(76)62-35(21-29-9-4-3-5-10-29)44(71)64-38(24-81)47(74)59-33(12-8-19-56-52(54)55)43(70)63-41(27-84)50(77)66-39(25-82)48(75)58-32(11-6-7-18-53)42(69)60-34(51(78)79)17-20-85-2/h3-5,9-10,13-16,32-41,68,80-84H,6-8,11-12,17-27,53H2,1-2H3,(H,57,67)(H,58,75)(H,59,74)(H,60,69)(H,61,73)(H,62,76)(H,63,70)(H,64,71)(H,65,72)(H,66,77)(H,78,79)(H4,54,55,56)/t32-,33-,34-,35-,36-,37-,38-,39-,40-,41-/m0/s1. The zero-order valence-electron chi connectivity index (χ0n) is 47.0. The van der Waals surface area contributed by atoms with Gasteiger partial charge in [-0.05, 0) is 80.3 Å². The molecule has 0 aliphatic rings. The molecule has 0 aliphatic heterocycles. The van der Waals surface area contributed by atoms with E-state index in [1.807, 2.05) is 0 Å². The molecule has 18 N–H and O–H groups in total. The molecule has 85 heavy (non-hydrogen) atoms. The molecular formula is C52H80N14O13S6. The van der Waals surface area contributed by atoms with Gasteiger partial charge in [0.15, 0.2) is 5.96 Å². The molecule has 0 heterocycles. The summed E-state index contributed by atoms with van der Waals surface area (Å²) >= 11 is 22.6. The van der Waals surface area contributed by atoms with Crippen molar-refractivity contribution in [2.24, 2.45) is 22.2 Å². The molecule has 2 rings (SSSR count). The van der Waals surface area contributed by atoms with E-state index in [1.165, 1.54) is 43.0 Å². The average molecular weight is 1300 g/mol. The van der Waals surface area contributed by atoms with Crippen LogP contribution in [0.15, 0.2) is 59.6 Å². The first-order valence-electron chi connectivity index (χ1n) is 26.8. The topological polar surface area (TPSA) is 439 Å². The third-order valence-corrected chi connectivity index (χ3v) is 14.9. The molecule has 0 saturated carbocycles. The summed E-state index contributed by atoms with van der Waals surface area (Å²) in [6.07, 6.45) is 2.55. The lowest BCUT2D eigenvalue weighted by molar-refractivity contribution is -0.142. The fourth-order valence-electron chi connectivity index (χ4n) is 7.83. The number of nitrogens with zero attached hydrogens (tertiary/aromatic N) is 1. The molecule has 472 valence electrons. The Hall–Kier alpha value is -6.26. The van der Waals surface area contributed by atoms with Gasteiger partial charge in [0.25, 0.3) is 0 Å². The Kier molecular flexibility index (Phi) is 36.1. The predicted octanol–water partition coefficient (Wildman–Crippen LogP) is -3.29. The van der Waals surface area contributed by atoms with Crippen molar-refractivity contribution in [3.8, 4) is 5.75 Å². The quantitative estimate of drug-likeness (QED) is 0.0135. The Labute approximate surface area is 525 Å². The monoisotopic (exact) mass is 1300 g/mol. The largest absolute Gasteiger partial charge is 0.508 e. The second-order valence-electron chi connectivity index (χ2n) is 19.1. The van der Waals surface area contributed by atoms with E-state index in [2.05, 4.69) is 121 Å². The number of carboxylic acid groups (broad SMARTS) is 1. The van der Waals surface area contributed by atoms with Crippen LogP contribution in [0.1, 0.15) is 56.6 Å². The highest BCUT2D eigenvalue weighted by molar-refractivity contribution is 7.98. The second kappa shape index (κ2) is 40.9. The van der Waals surface area contributed by atoms with Gasteiger partial charge in [0.1, 0.15) is 66.2 Å². The molecule has 0 fully saturated rings. The van der Waals surface area contributed by atoms with Crippen molar-refractivity contribution in [2.75, 3.05) is 53.9 Å². The van der Waals surface area contributed by atoms with Gasteiger partial charge in [-0.1, -0.05) is 42.5 Å². The number of carboxylic acids is 1. The number of nitrogens with one attached hydrogen (secondary N) is 10. The molecule has 10 atom stereocenters. The van der Waals surface area contributed by atoms with Crippen molar-refractivity contribution < 1.29 is 63.0 Å². The summed E-state index contributed by atoms with van der Waals surface area (Å²) in [6.45, 7) is 1.49. The number of thioether (sulfide) groups is 1. The van der Waals surface area contributed by atoms with Crippen molar-refractivity contribution in [1.82, 2.24) is 53.2 Å². The molecule has 33 heteroatoms. The van der Waals surface area contributed by atoms with Crippen LogP contribution in [0.5, 0.6) is 5.75 Å². The number of nitrogens with two attached hydrogens (primary N) is 3. The number of benzene rings is 2. The normalized spacial score (nSPS) is 14.4. The molecule has 0 unspecified atom stereocenters. The lowest BCUT2D eigenvalue weighted by atomic mass is 10.0. The fraction of sp³-hybridized carbons (Fsp3) is 0.538. The summed E-state index contributed by atoms with van der Waals surface area (Å²) in [6, 6.07) is 0.696. The highest BCUT2D eigenvalue weighted by atomic mass is 32.2. The maximum Gasteiger partial charge on any atom is 0.326 e. The van der Waals surface area contributed by atoms with E-state index in [0.717, 1.165) is 0 Å². The van der Waals surface area contributed by atoms with Crippen molar-refractivity contribution in [1.29, 1.82) is 0 Å². The van der Waals surface area contributed by atoms with Crippen LogP contribution in [0, 0.1) is 0 Å². The second-order valence-corrected chi connectivity index (χ2v) is 21.9. The first-order valence-corrected chi connectivity index (χ1v) is 31.3. The molecule has 0 spiro atoms. The van der Waals surface area contributed by atoms with Crippen LogP contribution in [0.3, 0.4) is 0 Å². The van der Waals surface area contributed by atoms with Gasteiger partial charge in [-0.3, -0.25) is 52.9 Å². The Morgan fingerprint density at radius 1 is 0.471 bits per heavy atom. The van der Waals surface area contributed by atoms with Gasteiger partial charge in [-0.25, -0.2) is 4.79 Å². The third-order valence-electron chi connectivity index (χ3n) is 12.4. The van der Waals surface area contributed by atoms with Gasteiger partial charge in [0.05, 0.1) is 0 Å². The Bertz CT molecular complexity index is 2560. The van der Waals surface area contributed by atoms with E-state index in [4.69, 9.17) is 17.2 Å². The number of rotatable bonds is 40. The minimum absolute atomic E-state index is 0.00137. The van der Waals surface area contributed by atoms with Crippen LogP contribution in [0.4, 0.5) is 0 Å². The summed E-state index contributed by atoms with van der Waals surface area (Å²) in [4.78, 5) is 152. The number of phenols is 1. The number of guanidine groups is 1. The number of unbranched alkanes of at least 4 members (excludes halogenated alkanes) is 1. The molecule has 0 radical (unpaired) electrons. The molecule has 0 saturated heterocycles. The van der Waals surface area contributed by atoms with Crippen molar-refractivity contribution >= 4 is 146 Å².